The van der Waals surface area contributed by atoms with E-state index in [9.17, 15) is 5.21 Å². The fraction of sp³-hybridized carbons (Fsp3) is 0. The van der Waals surface area contributed by atoms with Gasteiger partial charge in [-0.3, -0.25) is 0 Å². The zero-order valence-corrected chi connectivity index (χ0v) is 7.56. The van der Waals surface area contributed by atoms with Gasteiger partial charge in [0.2, 0.25) is 0 Å². The minimum absolute atomic E-state index is 0. The van der Waals surface area contributed by atoms with Crippen LogP contribution < -0.4 is 29.6 Å². The molecule has 0 atom stereocenters. The largest absolute Gasteiger partial charge is 1.00 e. The van der Waals surface area contributed by atoms with Gasteiger partial charge in [-0.05, 0) is 12.1 Å². The van der Waals surface area contributed by atoms with Gasteiger partial charge >= 0.3 is 29.6 Å². The maximum absolute atomic E-state index is 9.52. The molecule has 10 heavy (non-hydrogen) atoms. The number of hydrogen-bond donors (Lipinski definition) is 0. The van der Waals surface area contributed by atoms with Crippen LogP contribution in [0.4, 0.5) is 5.82 Å². The zero-order chi connectivity index (χ0) is 6.53. The van der Waals surface area contributed by atoms with Gasteiger partial charge in [0.25, 0.3) is 0 Å². The Labute approximate surface area is 80.3 Å². The van der Waals surface area contributed by atoms with E-state index in [0.717, 1.165) is 0 Å². The molecule has 0 saturated carbocycles. The number of hydrogen-bond acceptors (Lipinski definition) is 4. The van der Waals surface area contributed by atoms with Crippen molar-refractivity contribution in [1.29, 1.82) is 0 Å². The van der Waals surface area contributed by atoms with E-state index in [4.69, 9.17) is 0 Å². The van der Waals surface area contributed by atoms with Crippen LogP contribution in [0.2, 0.25) is 0 Å². The van der Waals surface area contributed by atoms with E-state index >= 15 is 0 Å². The zero-order valence-electron chi connectivity index (χ0n) is 5.56. The average Bonchev–Trinajstić information content (AvgIpc) is 1.91. The summed E-state index contributed by atoms with van der Waals surface area (Å²) < 4.78 is 0. The number of nitrogens with zero attached hydrogens (tertiary/aromatic N) is 3. The minimum atomic E-state index is 0. The first kappa shape index (κ1) is 9.55. The summed E-state index contributed by atoms with van der Waals surface area (Å²) in [5.41, 5.74) is 0. The normalized spacial score (nSPS) is 9.20. The van der Waals surface area contributed by atoms with Crippen LogP contribution >= 0.6 is 0 Å². The van der Waals surface area contributed by atoms with Gasteiger partial charge in [-0.15, -0.1) is 5.11 Å². The molecule has 5 heteroatoms. The van der Waals surface area contributed by atoms with Crippen molar-refractivity contribution in [3.05, 3.63) is 29.6 Å². The van der Waals surface area contributed by atoms with Gasteiger partial charge in [0.15, 0.2) is 5.82 Å². The summed E-state index contributed by atoms with van der Waals surface area (Å²) in [4.78, 5) is 3.71. The Hall–Kier alpha value is -0.450. The Balaban J connectivity index is 0.000000810. The first-order chi connectivity index (χ1) is 4.43. The fourth-order valence-corrected chi connectivity index (χ4v) is 0.455. The Bertz CT molecular complexity index is 201. The topological polar surface area (TPSA) is 60.7 Å². The number of pyridine rings is 1. The molecule has 0 bridgehead atoms. The molecule has 46 valence electrons. The number of aromatic nitrogens is 1. The molecule has 0 fully saturated rings. The Morgan fingerprint density at radius 2 is 2.20 bits per heavy atom. The van der Waals surface area contributed by atoms with Crippen molar-refractivity contribution >= 4 is 5.82 Å². The molecule has 0 amide bonds. The van der Waals surface area contributed by atoms with Crippen molar-refractivity contribution in [2.45, 2.75) is 0 Å². The fourth-order valence-electron chi connectivity index (χ4n) is 0.455. The molecule has 0 aliphatic heterocycles. The van der Waals surface area contributed by atoms with Crippen molar-refractivity contribution in [2.24, 2.45) is 10.4 Å². The van der Waals surface area contributed by atoms with Crippen LogP contribution in [0.1, 0.15) is 0 Å². The van der Waals surface area contributed by atoms with Crippen LogP contribution in [-0.4, -0.2) is 4.98 Å². The van der Waals surface area contributed by atoms with E-state index in [-0.39, 0.29) is 29.6 Å². The predicted molar refractivity (Wildman–Crippen MR) is 32.1 cm³/mol. The van der Waals surface area contributed by atoms with Crippen LogP contribution in [0.25, 0.3) is 0 Å². The Morgan fingerprint density at radius 1 is 1.40 bits per heavy atom. The molecular weight excluding hydrogens is 141 g/mol. The molecule has 1 heterocycles. The van der Waals surface area contributed by atoms with E-state index in [1.165, 1.54) is 0 Å². The first-order valence-electron chi connectivity index (χ1n) is 2.38. The molecule has 0 N–H and O–H groups in total. The van der Waals surface area contributed by atoms with Crippen molar-refractivity contribution in [3.63, 3.8) is 0 Å². The van der Waals surface area contributed by atoms with Crippen LogP contribution in [0.3, 0.4) is 0 Å². The second kappa shape index (κ2) is 5.34. The molecule has 0 unspecified atom stereocenters. The third-order valence-electron chi connectivity index (χ3n) is 0.793. The summed E-state index contributed by atoms with van der Waals surface area (Å²) in [5.74, 6) is 0.340. The Morgan fingerprint density at radius 3 is 2.70 bits per heavy atom. The molecule has 0 aliphatic rings. The molecule has 0 aliphatic carbocycles. The second-order valence-electron chi connectivity index (χ2n) is 1.37. The standard InChI is InChI=1S/C5H5N3O.Na/c9-8-7-5-3-1-2-4-6-5;/h1-4H,(H,6,7,9);/q;+1/p-1. The quantitative estimate of drug-likeness (QED) is 0.279. The van der Waals surface area contributed by atoms with Gasteiger partial charge in [-0.2, -0.15) is 0 Å². The third kappa shape index (κ3) is 2.91. The maximum Gasteiger partial charge on any atom is 1.00 e. The smallest absolute Gasteiger partial charge is 0.775 e. The second-order valence-corrected chi connectivity index (χ2v) is 1.37. The molecule has 1 rings (SSSR count). The van der Waals surface area contributed by atoms with E-state index < -0.39 is 0 Å². The van der Waals surface area contributed by atoms with Gasteiger partial charge in [0.1, 0.15) is 0 Å². The van der Waals surface area contributed by atoms with Crippen LogP contribution in [0, 0.1) is 5.21 Å². The van der Waals surface area contributed by atoms with Crippen LogP contribution in [-0.2, 0) is 0 Å². The summed E-state index contributed by atoms with van der Waals surface area (Å²) >= 11 is 0. The molecule has 0 radical (unpaired) electrons. The van der Waals surface area contributed by atoms with Gasteiger partial charge in [-0.1, -0.05) is 6.07 Å². The van der Waals surface area contributed by atoms with Gasteiger partial charge in [0, 0.05) is 6.20 Å². The minimum Gasteiger partial charge on any atom is -0.775 e. The molecular formula is C5H4N3NaO. The molecule has 1 aromatic rings. The number of rotatable bonds is 1. The summed E-state index contributed by atoms with van der Waals surface area (Å²) in [5, 5.41) is 15.0. The van der Waals surface area contributed by atoms with Crippen molar-refractivity contribution < 1.29 is 29.6 Å². The summed E-state index contributed by atoms with van der Waals surface area (Å²) in [7, 11) is 0. The predicted octanol–water partition coefficient (Wildman–Crippen LogP) is -1.33. The van der Waals surface area contributed by atoms with Crippen LogP contribution in [0.5, 0.6) is 0 Å². The SMILES string of the molecule is [Na+].[O-]N=Nc1ccccn1. The van der Waals surface area contributed by atoms with Gasteiger partial charge in [0.05, 0.1) is 0 Å². The molecule has 0 saturated heterocycles. The average molecular weight is 145 g/mol. The van der Waals surface area contributed by atoms with Crippen molar-refractivity contribution in [2.75, 3.05) is 0 Å². The van der Waals surface area contributed by atoms with Crippen LogP contribution in [0.15, 0.2) is 34.8 Å². The maximum atomic E-state index is 9.52. The van der Waals surface area contributed by atoms with Gasteiger partial charge < -0.3 is 5.21 Å². The molecule has 0 spiro atoms. The van der Waals surface area contributed by atoms with Crippen molar-refractivity contribution in [1.82, 2.24) is 4.98 Å². The Kier molecular flexibility index (Phi) is 5.10. The summed E-state index contributed by atoms with van der Waals surface area (Å²) in [6.45, 7) is 0. The molecule has 1 aromatic heterocycles. The van der Waals surface area contributed by atoms with Gasteiger partial charge in [-0.25, -0.2) is 10.3 Å². The summed E-state index contributed by atoms with van der Waals surface area (Å²) in [6.07, 6.45) is 1.55. The third-order valence-corrected chi connectivity index (χ3v) is 0.793. The first-order valence-corrected chi connectivity index (χ1v) is 2.38. The van der Waals surface area contributed by atoms with E-state index in [1.807, 2.05) is 0 Å². The molecule has 4 nitrogen and oxygen atoms in total. The summed E-state index contributed by atoms with van der Waals surface area (Å²) in [6, 6.07) is 5.07. The van der Waals surface area contributed by atoms with E-state index in [2.05, 4.69) is 15.4 Å². The van der Waals surface area contributed by atoms with Crippen molar-refractivity contribution in [3.8, 4) is 0 Å². The molecule has 0 aromatic carbocycles. The van der Waals surface area contributed by atoms with E-state index in [1.54, 1.807) is 24.4 Å². The van der Waals surface area contributed by atoms with E-state index in [0.29, 0.717) is 5.82 Å². The monoisotopic (exact) mass is 145 g/mol.